The monoisotopic (exact) mass is 264 g/mol. The van der Waals surface area contributed by atoms with E-state index in [4.69, 9.17) is 0 Å². The van der Waals surface area contributed by atoms with Crippen LogP contribution >= 0.6 is 0 Å². The minimum absolute atomic E-state index is 0.0877. The molecule has 0 aromatic carbocycles. The van der Waals surface area contributed by atoms with Crippen LogP contribution in [0.5, 0.6) is 0 Å². The molecule has 0 radical (unpaired) electrons. The number of hydrogen-bond donors (Lipinski definition) is 0. The fourth-order valence-corrected chi connectivity index (χ4v) is 2.59. The normalized spacial score (nSPS) is 20.4. The van der Waals surface area contributed by atoms with Crippen molar-refractivity contribution in [3.63, 3.8) is 0 Å². The lowest BCUT2D eigenvalue weighted by Gasteiger charge is -2.39. The molecular weight excluding hydrogens is 243 g/mol. The second kappa shape index (κ2) is 5.27. The maximum absolute atomic E-state index is 13.1. The minimum Gasteiger partial charge on any atom is -0.338 e. The molecule has 1 amide bonds. The molecule has 2 rings (SSSR count). The van der Waals surface area contributed by atoms with E-state index in [1.54, 1.807) is 6.07 Å². The Hall–Kier alpha value is -1.45. The number of aromatic nitrogens is 1. The van der Waals surface area contributed by atoms with E-state index in [0.29, 0.717) is 11.5 Å². The number of carbonyl (C=O) groups is 1. The molecule has 1 saturated heterocycles. The van der Waals surface area contributed by atoms with Gasteiger partial charge < -0.3 is 4.90 Å². The van der Waals surface area contributed by atoms with Gasteiger partial charge in [-0.25, -0.2) is 4.98 Å². The van der Waals surface area contributed by atoms with Crippen molar-refractivity contribution in [2.24, 2.45) is 11.3 Å². The lowest BCUT2D eigenvalue weighted by Crippen LogP contribution is -2.43. The van der Waals surface area contributed by atoms with Crippen molar-refractivity contribution in [3.05, 3.63) is 29.8 Å². The number of amides is 1. The topological polar surface area (TPSA) is 33.2 Å². The molecule has 4 heteroatoms. The number of hydrogen-bond acceptors (Lipinski definition) is 2. The summed E-state index contributed by atoms with van der Waals surface area (Å²) in [5.74, 6) is -0.192. The zero-order valence-corrected chi connectivity index (χ0v) is 11.8. The molecule has 1 aliphatic rings. The number of piperidine rings is 1. The second-order valence-electron chi connectivity index (χ2n) is 6.32. The first-order valence-corrected chi connectivity index (χ1v) is 6.79. The first kappa shape index (κ1) is 14.0. The fourth-order valence-electron chi connectivity index (χ4n) is 2.59. The summed E-state index contributed by atoms with van der Waals surface area (Å²) in [4.78, 5) is 17.7. The number of halogens is 1. The number of carbonyl (C=O) groups excluding carboxylic acids is 1. The Bertz CT molecular complexity index is 467. The molecule has 3 nitrogen and oxygen atoms in total. The summed E-state index contributed by atoms with van der Waals surface area (Å²) in [5, 5.41) is 0. The molecule has 0 aliphatic carbocycles. The highest BCUT2D eigenvalue weighted by atomic mass is 19.1. The molecule has 1 aliphatic heterocycles. The van der Waals surface area contributed by atoms with Gasteiger partial charge in [-0.15, -0.1) is 0 Å². The standard InChI is InChI=1S/C15H21FN2O/c1-15(2,3)12-5-4-8-18(10-12)14(19)11-6-7-17-13(16)9-11/h6-7,9,12H,4-5,8,10H2,1-3H3/t12-/m0/s1. The summed E-state index contributed by atoms with van der Waals surface area (Å²) >= 11 is 0. The van der Waals surface area contributed by atoms with E-state index in [2.05, 4.69) is 25.8 Å². The highest BCUT2D eigenvalue weighted by Gasteiger charge is 2.31. The van der Waals surface area contributed by atoms with Gasteiger partial charge in [0.15, 0.2) is 0 Å². The number of pyridine rings is 1. The Morgan fingerprint density at radius 1 is 1.47 bits per heavy atom. The molecule has 19 heavy (non-hydrogen) atoms. The quantitative estimate of drug-likeness (QED) is 0.730. The maximum Gasteiger partial charge on any atom is 0.254 e. The van der Waals surface area contributed by atoms with E-state index in [1.807, 2.05) is 4.90 Å². The van der Waals surface area contributed by atoms with Crippen molar-refractivity contribution in [1.29, 1.82) is 0 Å². The van der Waals surface area contributed by atoms with Gasteiger partial charge in [-0.2, -0.15) is 4.39 Å². The van der Waals surface area contributed by atoms with Crippen molar-refractivity contribution in [2.75, 3.05) is 13.1 Å². The zero-order chi connectivity index (χ0) is 14.0. The van der Waals surface area contributed by atoms with Gasteiger partial charge in [0.05, 0.1) is 0 Å². The van der Waals surface area contributed by atoms with Crippen LogP contribution < -0.4 is 0 Å². The van der Waals surface area contributed by atoms with Gasteiger partial charge in [0.25, 0.3) is 5.91 Å². The van der Waals surface area contributed by atoms with Crippen molar-refractivity contribution < 1.29 is 9.18 Å². The van der Waals surface area contributed by atoms with Gasteiger partial charge in [-0.05, 0) is 30.2 Å². The van der Waals surface area contributed by atoms with E-state index >= 15 is 0 Å². The van der Waals surface area contributed by atoms with E-state index < -0.39 is 5.95 Å². The van der Waals surface area contributed by atoms with Crippen LogP contribution in [0.2, 0.25) is 0 Å². The zero-order valence-electron chi connectivity index (χ0n) is 11.8. The largest absolute Gasteiger partial charge is 0.338 e. The minimum atomic E-state index is -0.602. The predicted octanol–water partition coefficient (Wildman–Crippen LogP) is 3.12. The van der Waals surface area contributed by atoms with E-state index in [9.17, 15) is 9.18 Å². The highest BCUT2D eigenvalue weighted by Crippen LogP contribution is 2.33. The summed E-state index contributed by atoms with van der Waals surface area (Å²) in [7, 11) is 0. The van der Waals surface area contributed by atoms with Gasteiger partial charge in [-0.1, -0.05) is 20.8 Å². The summed E-state index contributed by atoms with van der Waals surface area (Å²) in [6.45, 7) is 8.13. The number of nitrogens with zero attached hydrogens (tertiary/aromatic N) is 2. The van der Waals surface area contributed by atoms with Crippen molar-refractivity contribution >= 4 is 5.91 Å². The summed E-state index contributed by atoms with van der Waals surface area (Å²) in [6.07, 6.45) is 3.51. The molecule has 104 valence electrons. The third-order valence-electron chi connectivity index (χ3n) is 3.91. The van der Waals surface area contributed by atoms with Crippen LogP contribution in [0.25, 0.3) is 0 Å². The Kier molecular flexibility index (Phi) is 3.88. The Morgan fingerprint density at radius 3 is 2.84 bits per heavy atom. The Morgan fingerprint density at radius 2 is 2.21 bits per heavy atom. The summed E-state index contributed by atoms with van der Waals surface area (Å²) < 4.78 is 13.1. The molecule has 0 spiro atoms. The van der Waals surface area contributed by atoms with Crippen LogP contribution in [0.4, 0.5) is 4.39 Å². The molecule has 1 aromatic heterocycles. The summed E-state index contributed by atoms with van der Waals surface area (Å²) in [6, 6.07) is 2.79. The lowest BCUT2D eigenvalue weighted by molar-refractivity contribution is 0.0562. The van der Waals surface area contributed by atoms with Crippen molar-refractivity contribution in [3.8, 4) is 0 Å². The average Bonchev–Trinajstić information content (AvgIpc) is 2.37. The van der Waals surface area contributed by atoms with Crippen LogP contribution in [0, 0.1) is 17.3 Å². The van der Waals surface area contributed by atoms with Gasteiger partial charge in [-0.3, -0.25) is 4.79 Å². The molecule has 2 heterocycles. The van der Waals surface area contributed by atoms with Crippen molar-refractivity contribution in [1.82, 2.24) is 9.88 Å². The molecule has 0 bridgehead atoms. The molecule has 1 fully saturated rings. The summed E-state index contributed by atoms with van der Waals surface area (Å²) in [5.41, 5.74) is 0.588. The number of likely N-dealkylation sites (tertiary alicyclic amines) is 1. The van der Waals surface area contributed by atoms with Crippen LogP contribution in [0.1, 0.15) is 44.0 Å². The Balaban J connectivity index is 2.11. The fraction of sp³-hybridized carbons (Fsp3) is 0.600. The van der Waals surface area contributed by atoms with Crippen LogP contribution in [-0.2, 0) is 0 Å². The third kappa shape index (κ3) is 3.31. The smallest absolute Gasteiger partial charge is 0.254 e. The van der Waals surface area contributed by atoms with E-state index in [1.165, 1.54) is 12.3 Å². The lowest BCUT2D eigenvalue weighted by atomic mass is 9.76. The van der Waals surface area contributed by atoms with Gasteiger partial charge >= 0.3 is 0 Å². The first-order valence-electron chi connectivity index (χ1n) is 6.79. The van der Waals surface area contributed by atoms with Gasteiger partial charge in [0.1, 0.15) is 0 Å². The molecule has 0 N–H and O–H groups in total. The van der Waals surface area contributed by atoms with Gasteiger partial charge in [0.2, 0.25) is 5.95 Å². The average molecular weight is 264 g/mol. The van der Waals surface area contributed by atoms with Crippen LogP contribution in [-0.4, -0.2) is 28.9 Å². The molecule has 1 aromatic rings. The number of rotatable bonds is 1. The molecule has 0 unspecified atom stereocenters. The van der Waals surface area contributed by atoms with Gasteiger partial charge in [0, 0.05) is 30.9 Å². The molecule has 1 atom stereocenters. The Labute approximate surface area is 113 Å². The molecule has 0 saturated carbocycles. The third-order valence-corrected chi connectivity index (χ3v) is 3.91. The van der Waals surface area contributed by atoms with E-state index in [0.717, 1.165) is 25.9 Å². The highest BCUT2D eigenvalue weighted by molar-refractivity contribution is 5.94. The van der Waals surface area contributed by atoms with E-state index in [-0.39, 0.29) is 11.3 Å². The van der Waals surface area contributed by atoms with Crippen LogP contribution in [0.3, 0.4) is 0 Å². The maximum atomic E-state index is 13.1. The first-order chi connectivity index (χ1) is 8.88. The predicted molar refractivity (Wildman–Crippen MR) is 72.3 cm³/mol. The SMILES string of the molecule is CC(C)(C)[C@H]1CCCN(C(=O)c2ccnc(F)c2)C1. The van der Waals surface area contributed by atoms with Crippen LogP contribution in [0.15, 0.2) is 18.3 Å². The van der Waals surface area contributed by atoms with Crippen molar-refractivity contribution in [2.45, 2.75) is 33.6 Å². The molecular formula is C15H21FN2O. The second-order valence-corrected chi connectivity index (χ2v) is 6.32.